The summed E-state index contributed by atoms with van der Waals surface area (Å²) >= 11 is 0. The van der Waals surface area contributed by atoms with Crippen LogP contribution in [0.2, 0.25) is 0 Å². The molecular weight excluding hydrogens is 374 g/mol. The summed E-state index contributed by atoms with van der Waals surface area (Å²) in [6.07, 6.45) is 0.591. The van der Waals surface area contributed by atoms with E-state index in [1.807, 2.05) is 19.1 Å². The lowest BCUT2D eigenvalue weighted by atomic mass is 10.1. The number of aliphatic hydroxyl groups excluding tert-OH is 1. The minimum atomic E-state index is -1.21. The molecule has 2 aromatic heterocycles. The summed E-state index contributed by atoms with van der Waals surface area (Å²) in [7, 11) is 0. The maximum absolute atomic E-state index is 12.8. The van der Waals surface area contributed by atoms with Crippen LogP contribution in [0, 0.1) is 13.8 Å². The smallest absolute Gasteiger partial charge is 0.256 e. The van der Waals surface area contributed by atoms with E-state index in [1.54, 1.807) is 31.3 Å². The van der Waals surface area contributed by atoms with Gasteiger partial charge in [0.1, 0.15) is 29.7 Å². The molecular formula is C21H23N3O5. The Bertz CT molecular complexity index is 1060. The molecule has 0 saturated carbocycles. The zero-order valence-electron chi connectivity index (χ0n) is 16.4. The third-order valence-electron chi connectivity index (χ3n) is 4.65. The largest absolute Gasteiger partial charge is 0.489 e. The van der Waals surface area contributed by atoms with Gasteiger partial charge in [-0.05, 0) is 45.0 Å². The van der Waals surface area contributed by atoms with Gasteiger partial charge >= 0.3 is 0 Å². The van der Waals surface area contributed by atoms with E-state index < -0.39 is 24.0 Å². The van der Waals surface area contributed by atoms with Gasteiger partial charge in [-0.3, -0.25) is 14.6 Å². The first-order valence-electron chi connectivity index (χ1n) is 9.12. The molecule has 0 radical (unpaired) electrons. The van der Waals surface area contributed by atoms with E-state index in [4.69, 9.17) is 14.9 Å². The van der Waals surface area contributed by atoms with E-state index in [-0.39, 0.29) is 5.56 Å². The van der Waals surface area contributed by atoms with Crippen molar-refractivity contribution in [3.63, 3.8) is 0 Å². The van der Waals surface area contributed by atoms with E-state index in [2.05, 4.69) is 10.3 Å². The van der Waals surface area contributed by atoms with Crippen molar-refractivity contribution in [1.29, 1.82) is 0 Å². The fraction of sp³-hybridized carbons (Fsp3) is 0.286. The van der Waals surface area contributed by atoms with Crippen LogP contribution in [-0.2, 0) is 11.4 Å². The first-order chi connectivity index (χ1) is 13.8. The second kappa shape index (κ2) is 8.32. The Morgan fingerprint density at radius 1 is 1.31 bits per heavy atom. The number of aliphatic hydroxyl groups is 1. The zero-order chi connectivity index (χ0) is 21.1. The predicted molar refractivity (Wildman–Crippen MR) is 106 cm³/mol. The normalized spacial score (nSPS) is 13.1. The highest BCUT2D eigenvalue weighted by Gasteiger charge is 2.27. The minimum Gasteiger partial charge on any atom is -0.489 e. The third kappa shape index (κ3) is 4.38. The third-order valence-corrected chi connectivity index (χ3v) is 4.65. The number of benzene rings is 1. The van der Waals surface area contributed by atoms with Crippen molar-refractivity contribution in [1.82, 2.24) is 10.3 Å². The first-order valence-corrected chi connectivity index (χ1v) is 9.12. The van der Waals surface area contributed by atoms with E-state index in [0.717, 1.165) is 11.3 Å². The van der Waals surface area contributed by atoms with E-state index >= 15 is 0 Å². The standard InChI is InChI=1S/C21H23N3O5/c1-11-14(5-4-8-23-11)10-28-15-6-7-17-16(9-15)18(13(3)29-17)21(27)24-19(12(2)25)20(22)26/h4-9,12,19,25H,10H2,1-3H3,(H2,22,26)(H,24,27)/t12-,19+/m1/s1. The number of fused-ring (bicyclic) bond motifs is 1. The van der Waals surface area contributed by atoms with Crippen LogP contribution in [0.25, 0.3) is 11.0 Å². The molecule has 0 fully saturated rings. The Morgan fingerprint density at radius 2 is 2.07 bits per heavy atom. The Hall–Kier alpha value is -3.39. The van der Waals surface area contributed by atoms with Gasteiger partial charge in [0.15, 0.2) is 0 Å². The van der Waals surface area contributed by atoms with E-state index in [9.17, 15) is 14.7 Å². The molecule has 0 saturated heterocycles. The molecule has 2 atom stereocenters. The number of nitrogens with zero attached hydrogens (tertiary/aromatic N) is 1. The number of carbonyl (C=O) groups excluding carboxylic acids is 2. The van der Waals surface area contributed by atoms with E-state index in [1.165, 1.54) is 6.92 Å². The van der Waals surface area contributed by atoms with Gasteiger partial charge in [-0.1, -0.05) is 6.07 Å². The van der Waals surface area contributed by atoms with Crippen molar-refractivity contribution < 1.29 is 23.8 Å². The molecule has 2 amide bonds. The van der Waals surface area contributed by atoms with Gasteiger partial charge in [-0.15, -0.1) is 0 Å². The molecule has 4 N–H and O–H groups in total. The minimum absolute atomic E-state index is 0.259. The van der Waals surface area contributed by atoms with Crippen molar-refractivity contribution in [2.24, 2.45) is 5.73 Å². The molecule has 2 heterocycles. The van der Waals surface area contributed by atoms with Gasteiger partial charge in [0.25, 0.3) is 5.91 Å². The second-order valence-electron chi connectivity index (χ2n) is 6.82. The summed E-state index contributed by atoms with van der Waals surface area (Å²) in [4.78, 5) is 28.5. The van der Waals surface area contributed by atoms with Crippen molar-refractivity contribution in [2.75, 3.05) is 0 Å². The number of primary amides is 1. The molecule has 1 aromatic carbocycles. The average molecular weight is 397 g/mol. The van der Waals surface area contributed by atoms with Gasteiger partial charge < -0.3 is 25.3 Å². The average Bonchev–Trinajstić information content (AvgIpc) is 2.99. The van der Waals surface area contributed by atoms with E-state index in [0.29, 0.717) is 29.1 Å². The Balaban J connectivity index is 1.87. The molecule has 0 aliphatic carbocycles. The molecule has 0 bridgehead atoms. The number of aromatic nitrogens is 1. The Morgan fingerprint density at radius 3 is 2.72 bits per heavy atom. The number of nitrogens with one attached hydrogen (secondary N) is 1. The van der Waals surface area contributed by atoms with Crippen LogP contribution in [0.1, 0.15) is 34.3 Å². The quantitative estimate of drug-likeness (QED) is 0.559. The first kappa shape index (κ1) is 20.3. The number of ether oxygens (including phenoxy) is 1. The van der Waals surface area contributed by atoms with Crippen LogP contribution in [0.15, 0.2) is 40.9 Å². The van der Waals surface area contributed by atoms with Crippen LogP contribution >= 0.6 is 0 Å². The number of pyridine rings is 1. The number of hydrogen-bond donors (Lipinski definition) is 3. The van der Waals surface area contributed by atoms with Crippen LogP contribution in [0.4, 0.5) is 0 Å². The molecule has 3 aromatic rings. The lowest BCUT2D eigenvalue weighted by Crippen LogP contribution is -2.50. The van der Waals surface area contributed by atoms with Crippen molar-refractivity contribution in [3.8, 4) is 5.75 Å². The predicted octanol–water partition coefficient (Wildman–Crippen LogP) is 1.99. The maximum Gasteiger partial charge on any atom is 0.256 e. The lowest BCUT2D eigenvalue weighted by Gasteiger charge is -2.17. The van der Waals surface area contributed by atoms with Gasteiger partial charge in [-0.2, -0.15) is 0 Å². The monoisotopic (exact) mass is 397 g/mol. The van der Waals surface area contributed by atoms with Gasteiger partial charge in [-0.25, -0.2) is 0 Å². The molecule has 8 heteroatoms. The van der Waals surface area contributed by atoms with Gasteiger partial charge in [0.2, 0.25) is 5.91 Å². The lowest BCUT2D eigenvalue weighted by molar-refractivity contribution is -0.122. The highest BCUT2D eigenvalue weighted by molar-refractivity contribution is 6.08. The summed E-state index contributed by atoms with van der Waals surface area (Å²) in [6.45, 7) is 5.26. The number of hydrogen-bond acceptors (Lipinski definition) is 6. The SMILES string of the molecule is Cc1ncccc1COc1ccc2oc(C)c(C(=O)N[C@H](C(N)=O)[C@@H](C)O)c2c1. The number of carbonyl (C=O) groups is 2. The molecule has 0 unspecified atom stereocenters. The number of nitrogens with two attached hydrogens (primary N) is 1. The van der Waals surface area contributed by atoms with Crippen LogP contribution in [0.3, 0.4) is 0 Å². The zero-order valence-corrected chi connectivity index (χ0v) is 16.4. The fourth-order valence-electron chi connectivity index (χ4n) is 3.05. The molecule has 0 aliphatic rings. The summed E-state index contributed by atoms with van der Waals surface area (Å²) in [5.74, 6) is -0.454. The Kier molecular flexibility index (Phi) is 5.84. The van der Waals surface area contributed by atoms with Crippen molar-refractivity contribution >= 4 is 22.8 Å². The maximum atomic E-state index is 12.8. The number of rotatable bonds is 7. The number of aryl methyl sites for hydroxylation is 2. The van der Waals surface area contributed by atoms with Gasteiger partial charge in [0.05, 0.1) is 11.7 Å². The Labute approximate surface area is 167 Å². The van der Waals surface area contributed by atoms with Crippen LogP contribution < -0.4 is 15.8 Å². The van der Waals surface area contributed by atoms with Gasteiger partial charge in [0, 0.05) is 22.8 Å². The van der Waals surface area contributed by atoms with Crippen molar-refractivity contribution in [3.05, 3.63) is 59.1 Å². The molecule has 0 aliphatic heterocycles. The summed E-state index contributed by atoms with van der Waals surface area (Å²) in [5, 5.41) is 12.7. The summed E-state index contributed by atoms with van der Waals surface area (Å²) < 4.78 is 11.5. The van der Waals surface area contributed by atoms with Crippen LogP contribution in [-0.4, -0.2) is 34.1 Å². The topological polar surface area (TPSA) is 128 Å². The fourth-order valence-corrected chi connectivity index (χ4v) is 3.05. The number of amides is 2. The molecule has 0 spiro atoms. The number of furan rings is 1. The summed E-state index contributed by atoms with van der Waals surface area (Å²) in [5.41, 5.74) is 7.85. The highest BCUT2D eigenvalue weighted by atomic mass is 16.5. The molecule has 29 heavy (non-hydrogen) atoms. The molecule has 8 nitrogen and oxygen atoms in total. The molecule has 152 valence electrons. The molecule has 3 rings (SSSR count). The van der Waals surface area contributed by atoms with Crippen molar-refractivity contribution in [2.45, 2.75) is 39.5 Å². The summed E-state index contributed by atoms with van der Waals surface area (Å²) in [6, 6.07) is 7.73. The highest BCUT2D eigenvalue weighted by Crippen LogP contribution is 2.29. The van der Waals surface area contributed by atoms with Crippen LogP contribution in [0.5, 0.6) is 5.75 Å². The second-order valence-corrected chi connectivity index (χ2v) is 6.82.